The van der Waals surface area contributed by atoms with Crippen molar-refractivity contribution in [1.82, 2.24) is 5.32 Å². The van der Waals surface area contributed by atoms with Gasteiger partial charge in [-0.3, -0.25) is 0 Å². The van der Waals surface area contributed by atoms with Crippen LogP contribution in [0.2, 0.25) is 0 Å². The molecular formula is C13H17N3O3. The minimum atomic E-state index is -0.583. The van der Waals surface area contributed by atoms with E-state index in [1.807, 2.05) is 6.07 Å². The molecule has 1 unspecified atom stereocenters. The number of carbonyl (C=O) groups is 1. The minimum absolute atomic E-state index is 0.249. The summed E-state index contributed by atoms with van der Waals surface area (Å²) in [6, 6.07) is 8.19. The van der Waals surface area contributed by atoms with Crippen LogP contribution < -0.4 is 10.6 Å². The van der Waals surface area contributed by atoms with Gasteiger partial charge in [0.15, 0.2) is 0 Å². The van der Waals surface area contributed by atoms with Crippen molar-refractivity contribution in [3.05, 3.63) is 29.8 Å². The number of aliphatic hydroxyl groups is 1. The Bertz CT molecular complexity index is 439. The molecule has 102 valence electrons. The molecule has 2 amide bonds. The Labute approximate surface area is 112 Å². The molecule has 6 nitrogen and oxygen atoms in total. The third-order valence-electron chi connectivity index (χ3n) is 2.39. The Kier molecular flexibility index (Phi) is 6.36. The van der Waals surface area contributed by atoms with Gasteiger partial charge in [-0.05, 0) is 30.7 Å². The topological polar surface area (TPSA) is 94.4 Å². The second kappa shape index (κ2) is 8.08. The summed E-state index contributed by atoms with van der Waals surface area (Å²) in [6.07, 6.45) is -0.158. The molecule has 1 aromatic carbocycles. The lowest BCUT2D eigenvalue weighted by atomic mass is 10.2. The molecule has 0 bridgehead atoms. The highest BCUT2D eigenvalue weighted by atomic mass is 16.5. The van der Waals surface area contributed by atoms with E-state index in [9.17, 15) is 9.90 Å². The van der Waals surface area contributed by atoms with Gasteiger partial charge in [0.1, 0.15) is 0 Å². The van der Waals surface area contributed by atoms with E-state index in [0.717, 1.165) is 0 Å². The van der Waals surface area contributed by atoms with Gasteiger partial charge in [-0.2, -0.15) is 5.26 Å². The number of aliphatic hydroxyl groups excluding tert-OH is 1. The predicted octanol–water partition coefficient (Wildman–Crippen LogP) is 1.08. The quantitative estimate of drug-likeness (QED) is 0.715. The molecule has 1 rings (SSSR count). The van der Waals surface area contributed by atoms with Crippen LogP contribution in [0.5, 0.6) is 0 Å². The molecule has 0 aliphatic carbocycles. The summed E-state index contributed by atoms with van der Waals surface area (Å²) in [4.78, 5) is 11.5. The normalized spacial score (nSPS) is 11.4. The number of hydrogen-bond acceptors (Lipinski definition) is 4. The van der Waals surface area contributed by atoms with Crippen molar-refractivity contribution in [3.8, 4) is 6.07 Å². The summed E-state index contributed by atoms with van der Waals surface area (Å²) in [5.41, 5.74) is 1.14. The van der Waals surface area contributed by atoms with Crippen molar-refractivity contribution in [2.24, 2.45) is 0 Å². The molecule has 0 radical (unpaired) electrons. The van der Waals surface area contributed by atoms with E-state index < -0.39 is 6.10 Å². The second-order valence-corrected chi connectivity index (χ2v) is 3.97. The number of anilines is 1. The Morgan fingerprint density at radius 3 is 2.74 bits per heavy atom. The molecular weight excluding hydrogens is 246 g/mol. The van der Waals surface area contributed by atoms with Crippen LogP contribution in [-0.4, -0.2) is 37.5 Å². The van der Waals surface area contributed by atoms with Crippen LogP contribution in [0.3, 0.4) is 0 Å². The highest BCUT2D eigenvalue weighted by Crippen LogP contribution is 2.08. The highest BCUT2D eigenvalue weighted by Gasteiger charge is 2.05. The maximum atomic E-state index is 11.5. The van der Waals surface area contributed by atoms with Crippen molar-refractivity contribution in [3.63, 3.8) is 0 Å². The molecule has 0 saturated heterocycles. The van der Waals surface area contributed by atoms with Crippen LogP contribution in [0.1, 0.15) is 12.0 Å². The zero-order chi connectivity index (χ0) is 14.1. The van der Waals surface area contributed by atoms with Crippen LogP contribution in [0.4, 0.5) is 10.5 Å². The molecule has 1 atom stereocenters. The van der Waals surface area contributed by atoms with E-state index in [4.69, 9.17) is 10.00 Å². The lowest BCUT2D eigenvalue weighted by Gasteiger charge is -2.11. The number of rotatable bonds is 6. The summed E-state index contributed by atoms with van der Waals surface area (Å²) >= 11 is 0. The van der Waals surface area contributed by atoms with Gasteiger partial charge >= 0.3 is 6.03 Å². The van der Waals surface area contributed by atoms with Crippen molar-refractivity contribution < 1.29 is 14.6 Å². The van der Waals surface area contributed by atoms with E-state index in [1.54, 1.807) is 24.3 Å². The first-order valence-corrected chi connectivity index (χ1v) is 5.87. The van der Waals surface area contributed by atoms with Crippen molar-refractivity contribution >= 4 is 11.7 Å². The minimum Gasteiger partial charge on any atom is -0.391 e. The van der Waals surface area contributed by atoms with Crippen molar-refractivity contribution in [2.45, 2.75) is 12.5 Å². The van der Waals surface area contributed by atoms with Gasteiger partial charge in [0.2, 0.25) is 0 Å². The lowest BCUT2D eigenvalue weighted by molar-refractivity contribution is 0.0599. The first kappa shape index (κ1) is 15.0. The maximum absolute atomic E-state index is 11.5. The molecule has 0 aliphatic heterocycles. The summed E-state index contributed by atoms with van der Waals surface area (Å²) in [7, 11) is 1.51. The number of ether oxygens (including phenoxy) is 1. The van der Waals surface area contributed by atoms with Gasteiger partial charge in [-0.25, -0.2) is 4.79 Å². The van der Waals surface area contributed by atoms with Crippen LogP contribution in [0.25, 0.3) is 0 Å². The van der Waals surface area contributed by atoms with Gasteiger partial charge in [0.25, 0.3) is 0 Å². The Balaban J connectivity index is 2.29. The molecule has 6 heteroatoms. The monoisotopic (exact) mass is 263 g/mol. The predicted molar refractivity (Wildman–Crippen MR) is 70.7 cm³/mol. The third-order valence-corrected chi connectivity index (χ3v) is 2.39. The number of nitrogens with one attached hydrogen (secondary N) is 2. The molecule has 0 aliphatic rings. The Hall–Kier alpha value is -2.10. The van der Waals surface area contributed by atoms with Crippen LogP contribution in [0.15, 0.2) is 24.3 Å². The number of amides is 2. The number of hydrogen-bond donors (Lipinski definition) is 3. The van der Waals surface area contributed by atoms with Gasteiger partial charge in [-0.15, -0.1) is 0 Å². The molecule has 3 N–H and O–H groups in total. The van der Waals surface area contributed by atoms with Gasteiger partial charge in [-0.1, -0.05) is 0 Å². The fourth-order valence-corrected chi connectivity index (χ4v) is 1.43. The summed E-state index contributed by atoms with van der Waals surface area (Å²) < 4.78 is 4.77. The number of urea groups is 1. The van der Waals surface area contributed by atoms with Gasteiger partial charge < -0.3 is 20.5 Å². The number of nitrogens with zero attached hydrogens (tertiary/aromatic N) is 1. The fourth-order valence-electron chi connectivity index (χ4n) is 1.43. The Morgan fingerprint density at radius 2 is 2.16 bits per heavy atom. The van der Waals surface area contributed by atoms with E-state index in [1.165, 1.54) is 7.11 Å². The summed E-state index contributed by atoms with van der Waals surface area (Å²) in [6.45, 7) is 0.603. The smallest absolute Gasteiger partial charge is 0.319 e. The zero-order valence-electron chi connectivity index (χ0n) is 10.7. The summed E-state index contributed by atoms with van der Waals surface area (Å²) in [5.74, 6) is 0. The van der Waals surface area contributed by atoms with Crippen LogP contribution in [-0.2, 0) is 4.74 Å². The molecule has 0 aromatic heterocycles. The number of benzene rings is 1. The first-order chi connectivity index (χ1) is 9.15. The average molecular weight is 263 g/mol. The fraction of sp³-hybridized carbons (Fsp3) is 0.385. The maximum Gasteiger partial charge on any atom is 0.319 e. The van der Waals surface area contributed by atoms with E-state index in [0.29, 0.717) is 24.2 Å². The number of methoxy groups -OCH3 is 1. The molecule has 0 saturated carbocycles. The molecule has 0 spiro atoms. The van der Waals surface area contributed by atoms with Gasteiger partial charge in [0.05, 0.1) is 24.3 Å². The SMILES string of the molecule is COCC(O)CCNC(=O)Nc1ccc(C#N)cc1. The van der Waals surface area contributed by atoms with E-state index in [-0.39, 0.29) is 12.6 Å². The second-order valence-electron chi connectivity index (χ2n) is 3.97. The largest absolute Gasteiger partial charge is 0.391 e. The standard InChI is InChI=1S/C13H17N3O3/c1-19-9-12(17)6-7-15-13(18)16-11-4-2-10(8-14)3-5-11/h2-5,12,17H,6-7,9H2,1H3,(H2,15,16,18). The molecule has 19 heavy (non-hydrogen) atoms. The van der Waals surface area contributed by atoms with Crippen molar-refractivity contribution in [2.75, 3.05) is 25.6 Å². The van der Waals surface area contributed by atoms with Gasteiger partial charge in [0, 0.05) is 19.3 Å². The first-order valence-electron chi connectivity index (χ1n) is 5.87. The third kappa shape index (κ3) is 5.86. The Morgan fingerprint density at radius 1 is 1.47 bits per heavy atom. The lowest BCUT2D eigenvalue weighted by Crippen LogP contribution is -2.32. The molecule has 0 heterocycles. The van der Waals surface area contributed by atoms with Crippen LogP contribution in [0, 0.1) is 11.3 Å². The van der Waals surface area contributed by atoms with Crippen LogP contribution >= 0.6 is 0 Å². The van der Waals surface area contributed by atoms with Crippen molar-refractivity contribution in [1.29, 1.82) is 5.26 Å². The summed E-state index contributed by atoms with van der Waals surface area (Å²) in [5, 5.41) is 23.3. The van der Waals surface area contributed by atoms with E-state index in [2.05, 4.69) is 10.6 Å². The highest BCUT2D eigenvalue weighted by molar-refractivity contribution is 5.89. The van der Waals surface area contributed by atoms with E-state index >= 15 is 0 Å². The number of carbonyl (C=O) groups excluding carboxylic acids is 1. The molecule has 0 fully saturated rings. The molecule has 1 aromatic rings. The zero-order valence-corrected chi connectivity index (χ0v) is 10.7. The average Bonchev–Trinajstić information content (AvgIpc) is 2.40. The number of nitriles is 1.